The molecule has 1 aliphatic rings. The number of rotatable bonds is 4. The average Bonchev–Trinajstić information content (AvgIpc) is 2.55. The van der Waals surface area contributed by atoms with Crippen LogP contribution in [0.4, 0.5) is 13.2 Å². The van der Waals surface area contributed by atoms with Crippen molar-refractivity contribution in [1.82, 2.24) is 5.32 Å². The van der Waals surface area contributed by atoms with Gasteiger partial charge >= 0.3 is 6.18 Å². The van der Waals surface area contributed by atoms with E-state index in [0.29, 0.717) is 26.1 Å². The second-order valence-corrected chi connectivity index (χ2v) is 5.58. The van der Waals surface area contributed by atoms with E-state index in [0.717, 1.165) is 24.3 Å². The summed E-state index contributed by atoms with van der Waals surface area (Å²) in [7, 11) is 0. The Balaban J connectivity index is 1.97. The number of nitrogens with one attached hydrogen (secondary N) is 1. The van der Waals surface area contributed by atoms with Crippen molar-refractivity contribution in [2.75, 3.05) is 13.2 Å². The Morgan fingerprint density at radius 1 is 1.33 bits per heavy atom. The van der Waals surface area contributed by atoms with Gasteiger partial charge in [0.1, 0.15) is 11.3 Å². The monoisotopic (exact) mass is 342 g/mol. The molecule has 0 aliphatic carbocycles. The normalized spacial score (nSPS) is 18.3. The SMILES string of the molecule is C[C@@H](Oc1ccc(C(F)(F)F)cc1)C(=O)NC1(C#N)CCOCC1. The number of amides is 1. The quantitative estimate of drug-likeness (QED) is 0.913. The van der Waals surface area contributed by atoms with Crippen LogP contribution in [-0.4, -0.2) is 30.8 Å². The fraction of sp³-hybridized carbons (Fsp3) is 0.500. The smallest absolute Gasteiger partial charge is 0.416 e. The molecule has 1 fully saturated rings. The van der Waals surface area contributed by atoms with Crippen molar-refractivity contribution in [3.05, 3.63) is 29.8 Å². The fourth-order valence-corrected chi connectivity index (χ4v) is 2.30. The predicted molar refractivity (Wildman–Crippen MR) is 78.1 cm³/mol. The van der Waals surface area contributed by atoms with Crippen molar-refractivity contribution < 1.29 is 27.4 Å². The minimum atomic E-state index is -4.43. The van der Waals surface area contributed by atoms with Gasteiger partial charge in [0, 0.05) is 26.1 Å². The molecule has 0 spiro atoms. The number of nitriles is 1. The van der Waals surface area contributed by atoms with Crippen molar-refractivity contribution >= 4 is 5.91 Å². The highest BCUT2D eigenvalue weighted by molar-refractivity contribution is 5.82. The maximum atomic E-state index is 12.5. The van der Waals surface area contributed by atoms with Gasteiger partial charge in [-0.05, 0) is 31.2 Å². The number of carbonyl (C=O) groups excluding carboxylic acids is 1. The molecular weight excluding hydrogens is 325 g/mol. The Morgan fingerprint density at radius 3 is 2.42 bits per heavy atom. The molecule has 1 saturated heterocycles. The van der Waals surface area contributed by atoms with E-state index in [1.54, 1.807) is 0 Å². The molecule has 1 atom stereocenters. The summed E-state index contributed by atoms with van der Waals surface area (Å²) in [6, 6.07) is 6.17. The van der Waals surface area contributed by atoms with Gasteiger partial charge in [0.15, 0.2) is 6.10 Å². The van der Waals surface area contributed by atoms with Crippen LogP contribution in [0.1, 0.15) is 25.3 Å². The topological polar surface area (TPSA) is 71.3 Å². The maximum Gasteiger partial charge on any atom is 0.416 e. The van der Waals surface area contributed by atoms with Crippen LogP contribution < -0.4 is 10.1 Å². The van der Waals surface area contributed by atoms with Crippen LogP contribution in [0.5, 0.6) is 5.75 Å². The first-order chi connectivity index (χ1) is 11.3. The third kappa shape index (κ3) is 4.38. The largest absolute Gasteiger partial charge is 0.481 e. The van der Waals surface area contributed by atoms with E-state index in [1.165, 1.54) is 6.92 Å². The van der Waals surface area contributed by atoms with E-state index in [-0.39, 0.29) is 5.75 Å². The van der Waals surface area contributed by atoms with E-state index in [1.807, 2.05) is 0 Å². The first-order valence-corrected chi connectivity index (χ1v) is 7.41. The summed E-state index contributed by atoms with van der Waals surface area (Å²) >= 11 is 0. The number of carbonyl (C=O) groups is 1. The number of benzene rings is 1. The van der Waals surface area contributed by atoms with Crippen LogP contribution in [0.15, 0.2) is 24.3 Å². The molecule has 0 saturated carbocycles. The van der Waals surface area contributed by atoms with Crippen LogP contribution in [0.2, 0.25) is 0 Å². The summed E-state index contributed by atoms with van der Waals surface area (Å²) in [4.78, 5) is 12.2. The highest BCUT2D eigenvalue weighted by atomic mass is 19.4. The summed E-state index contributed by atoms with van der Waals surface area (Å²) in [6.07, 6.45) is -4.62. The van der Waals surface area contributed by atoms with Crippen LogP contribution in [0, 0.1) is 11.3 Å². The Bertz CT molecular complexity index is 617. The Morgan fingerprint density at radius 2 is 1.92 bits per heavy atom. The average molecular weight is 342 g/mol. The zero-order chi connectivity index (χ0) is 17.8. The van der Waals surface area contributed by atoms with Gasteiger partial charge in [-0.3, -0.25) is 4.79 Å². The molecule has 0 unspecified atom stereocenters. The van der Waals surface area contributed by atoms with Crippen molar-refractivity contribution in [2.24, 2.45) is 0 Å². The maximum absolute atomic E-state index is 12.5. The van der Waals surface area contributed by atoms with E-state index in [9.17, 15) is 23.2 Å². The van der Waals surface area contributed by atoms with Crippen molar-refractivity contribution in [3.63, 3.8) is 0 Å². The zero-order valence-electron chi connectivity index (χ0n) is 13.0. The van der Waals surface area contributed by atoms with Crippen molar-refractivity contribution in [2.45, 2.75) is 37.6 Å². The third-order valence-electron chi connectivity index (χ3n) is 3.79. The van der Waals surface area contributed by atoms with Crippen molar-refractivity contribution in [3.8, 4) is 11.8 Å². The number of ether oxygens (including phenoxy) is 2. The molecule has 24 heavy (non-hydrogen) atoms. The van der Waals surface area contributed by atoms with E-state index in [4.69, 9.17) is 9.47 Å². The van der Waals surface area contributed by atoms with Crippen molar-refractivity contribution in [1.29, 1.82) is 5.26 Å². The highest BCUT2D eigenvalue weighted by Gasteiger charge is 2.36. The number of hydrogen-bond acceptors (Lipinski definition) is 4. The summed E-state index contributed by atoms with van der Waals surface area (Å²) < 4.78 is 48.1. The van der Waals surface area contributed by atoms with Gasteiger partial charge in [0.05, 0.1) is 11.6 Å². The molecule has 1 aromatic rings. The van der Waals surface area contributed by atoms with Crippen LogP contribution in [-0.2, 0) is 15.7 Å². The lowest BCUT2D eigenvalue weighted by molar-refractivity contribution is -0.137. The Labute approximate surface area is 137 Å². The van der Waals surface area contributed by atoms with Gasteiger partial charge in [0.25, 0.3) is 5.91 Å². The van der Waals surface area contributed by atoms with E-state index in [2.05, 4.69) is 11.4 Å². The van der Waals surface area contributed by atoms with Crippen LogP contribution in [0.3, 0.4) is 0 Å². The third-order valence-corrected chi connectivity index (χ3v) is 3.79. The van der Waals surface area contributed by atoms with E-state index < -0.39 is 29.3 Å². The highest BCUT2D eigenvalue weighted by Crippen LogP contribution is 2.30. The molecule has 8 heteroatoms. The summed E-state index contributed by atoms with van der Waals surface area (Å²) in [5.74, 6) is -0.359. The number of hydrogen-bond donors (Lipinski definition) is 1. The van der Waals surface area contributed by atoms with Crippen LogP contribution in [0.25, 0.3) is 0 Å². The second-order valence-electron chi connectivity index (χ2n) is 5.58. The van der Waals surface area contributed by atoms with Gasteiger partial charge in [0.2, 0.25) is 0 Å². The molecule has 2 rings (SSSR count). The first-order valence-electron chi connectivity index (χ1n) is 7.41. The summed E-state index contributed by atoms with van der Waals surface area (Å²) in [5.41, 5.74) is -1.79. The molecule has 1 heterocycles. The van der Waals surface area contributed by atoms with E-state index >= 15 is 0 Å². The predicted octanol–water partition coefficient (Wildman–Crippen LogP) is 2.66. The number of nitrogens with zero attached hydrogens (tertiary/aromatic N) is 1. The van der Waals surface area contributed by atoms with Gasteiger partial charge in [-0.15, -0.1) is 0 Å². The molecule has 0 aromatic heterocycles. The number of halogens is 3. The molecular formula is C16H17F3N2O3. The molecule has 0 bridgehead atoms. The first kappa shape index (κ1) is 18.1. The minimum Gasteiger partial charge on any atom is -0.481 e. The van der Waals surface area contributed by atoms with Gasteiger partial charge in [-0.1, -0.05) is 0 Å². The minimum absolute atomic E-state index is 0.142. The fourth-order valence-electron chi connectivity index (χ4n) is 2.30. The Kier molecular flexibility index (Phi) is 5.34. The number of alkyl halides is 3. The second kappa shape index (κ2) is 7.09. The standard InChI is InChI=1S/C16H17F3N2O3/c1-11(14(22)21-15(10-20)6-8-23-9-7-15)24-13-4-2-12(3-5-13)16(17,18)19/h2-5,11H,6-9H2,1H3,(H,21,22)/t11-/m1/s1. The molecule has 1 aromatic carbocycles. The molecule has 1 aliphatic heterocycles. The lowest BCUT2D eigenvalue weighted by Gasteiger charge is -2.32. The molecule has 5 nitrogen and oxygen atoms in total. The molecule has 130 valence electrons. The molecule has 1 amide bonds. The van der Waals surface area contributed by atoms with Gasteiger partial charge in [-0.25, -0.2) is 0 Å². The zero-order valence-corrected chi connectivity index (χ0v) is 13.0. The lowest BCUT2D eigenvalue weighted by Crippen LogP contribution is -2.54. The summed E-state index contributed by atoms with van der Waals surface area (Å²) in [5, 5.41) is 12.0. The lowest BCUT2D eigenvalue weighted by atomic mass is 9.91. The van der Waals surface area contributed by atoms with Gasteiger partial charge < -0.3 is 14.8 Å². The summed E-state index contributed by atoms with van der Waals surface area (Å²) in [6.45, 7) is 2.22. The van der Waals surface area contributed by atoms with Crippen LogP contribution >= 0.6 is 0 Å². The Hall–Kier alpha value is -2.27. The molecule has 1 N–H and O–H groups in total. The molecule has 0 radical (unpaired) electrons. The van der Waals surface area contributed by atoms with Gasteiger partial charge in [-0.2, -0.15) is 18.4 Å².